The lowest BCUT2D eigenvalue weighted by atomic mass is 10.1. The molecule has 0 saturated carbocycles. The quantitative estimate of drug-likeness (QED) is 0.796. The molecule has 7 nitrogen and oxygen atoms in total. The summed E-state index contributed by atoms with van der Waals surface area (Å²) < 4.78 is 22.5. The van der Waals surface area contributed by atoms with Crippen LogP contribution in [0.5, 0.6) is 0 Å². The highest BCUT2D eigenvalue weighted by atomic mass is 32.2. The fourth-order valence-electron chi connectivity index (χ4n) is 2.08. The number of hydrogen-bond acceptors (Lipinski definition) is 4. The molecule has 0 aliphatic carbocycles. The second-order valence-corrected chi connectivity index (χ2v) is 6.54. The summed E-state index contributed by atoms with van der Waals surface area (Å²) in [6.45, 7) is 0.309. The van der Waals surface area contributed by atoms with Gasteiger partial charge in [-0.15, -0.1) is 0 Å². The monoisotopic (exact) mass is 298 g/mol. The third kappa shape index (κ3) is 3.14. The molecule has 1 aliphatic heterocycles. The zero-order valence-electron chi connectivity index (χ0n) is 10.5. The van der Waals surface area contributed by atoms with E-state index in [0.717, 1.165) is 5.56 Å². The van der Waals surface area contributed by atoms with Gasteiger partial charge in [0.1, 0.15) is 5.25 Å². The number of aromatic carboxylic acids is 1. The lowest BCUT2D eigenvalue weighted by molar-refractivity contribution is -0.128. The van der Waals surface area contributed by atoms with Gasteiger partial charge in [0.05, 0.1) is 5.56 Å². The summed E-state index contributed by atoms with van der Waals surface area (Å²) in [5, 5.41) is 13.0. The van der Waals surface area contributed by atoms with Crippen molar-refractivity contribution in [3.8, 4) is 0 Å². The maximum Gasteiger partial charge on any atom is 0.335 e. The van der Waals surface area contributed by atoms with Gasteiger partial charge in [0.25, 0.3) is 0 Å². The number of likely N-dealkylation sites (tertiary alicyclic amines) is 1. The minimum absolute atomic E-state index is 0.0678. The van der Waals surface area contributed by atoms with Crippen molar-refractivity contribution < 1.29 is 23.1 Å². The zero-order valence-corrected chi connectivity index (χ0v) is 11.3. The van der Waals surface area contributed by atoms with Crippen molar-refractivity contribution in [2.24, 2.45) is 5.14 Å². The average Bonchev–Trinajstić information content (AvgIpc) is 2.71. The first kappa shape index (κ1) is 14.5. The van der Waals surface area contributed by atoms with Crippen LogP contribution in [0.3, 0.4) is 0 Å². The first-order valence-electron chi connectivity index (χ1n) is 5.89. The third-order valence-electron chi connectivity index (χ3n) is 3.22. The summed E-state index contributed by atoms with van der Waals surface area (Å²) >= 11 is 0. The van der Waals surface area contributed by atoms with Crippen LogP contribution in [-0.2, 0) is 21.4 Å². The number of primary sulfonamides is 1. The van der Waals surface area contributed by atoms with Crippen LogP contribution < -0.4 is 5.14 Å². The van der Waals surface area contributed by atoms with Crippen molar-refractivity contribution in [2.45, 2.75) is 18.2 Å². The van der Waals surface area contributed by atoms with Crippen LogP contribution >= 0.6 is 0 Å². The van der Waals surface area contributed by atoms with E-state index in [4.69, 9.17) is 10.2 Å². The molecule has 0 radical (unpaired) electrons. The number of nitrogens with two attached hydrogens (primary N) is 1. The Morgan fingerprint density at radius 3 is 2.40 bits per heavy atom. The molecular formula is C12H14N2O5S. The number of carbonyl (C=O) groups excluding carboxylic acids is 1. The second-order valence-electron chi connectivity index (χ2n) is 4.69. The van der Waals surface area contributed by atoms with Gasteiger partial charge in [0, 0.05) is 19.5 Å². The predicted octanol–water partition coefficient (Wildman–Crippen LogP) is -0.226. The minimum atomic E-state index is -3.72. The van der Waals surface area contributed by atoms with Crippen molar-refractivity contribution in [1.82, 2.24) is 4.90 Å². The Labute approximate surface area is 116 Å². The van der Waals surface area contributed by atoms with E-state index in [0.29, 0.717) is 0 Å². The van der Waals surface area contributed by atoms with Crippen LogP contribution in [0, 0.1) is 0 Å². The summed E-state index contributed by atoms with van der Waals surface area (Å²) in [5.41, 5.74) is 0.891. The molecule has 1 aliphatic rings. The van der Waals surface area contributed by atoms with E-state index in [-0.39, 0.29) is 31.0 Å². The van der Waals surface area contributed by atoms with E-state index in [1.54, 1.807) is 12.1 Å². The van der Waals surface area contributed by atoms with Crippen LogP contribution in [0.4, 0.5) is 0 Å². The lowest BCUT2D eigenvalue weighted by Crippen LogP contribution is -2.31. The maximum absolute atomic E-state index is 11.7. The SMILES string of the molecule is NS(=O)(=O)C1CC(=O)N(Cc2ccc(C(=O)O)cc2)C1. The molecule has 20 heavy (non-hydrogen) atoms. The van der Waals surface area contributed by atoms with Gasteiger partial charge in [-0.25, -0.2) is 18.4 Å². The Bertz CT molecular complexity index is 638. The molecular weight excluding hydrogens is 284 g/mol. The number of benzene rings is 1. The first-order chi connectivity index (χ1) is 9.27. The van der Waals surface area contributed by atoms with Gasteiger partial charge < -0.3 is 10.0 Å². The number of rotatable bonds is 4. The Hall–Kier alpha value is -1.93. The molecule has 1 saturated heterocycles. The van der Waals surface area contributed by atoms with Gasteiger partial charge in [-0.05, 0) is 17.7 Å². The Balaban J connectivity index is 2.07. The van der Waals surface area contributed by atoms with E-state index < -0.39 is 21.2 Å². The summed E-state index contributed by atoms with van der Waals surface area (Å²) in [6.07, 6.45) is -0.105. The predicted molar refractivity (Wildman–Crippen MR) is 70.3 cm³/mol. The minimum Gasteiger partial charge on any atom is -0.478 e. The van der Waals surface area contributed by atoms with Crippen molar-refractivity contribution >= 4 is 21.9 Å². The van der Waals surface area contributed by atoms with Gasteiger partial charge in [0.15, 0.2) is 0 Å². The van der Waals surface area contributed by atoms with E-state index in [2.05, 4.69) is 0 Å². The number of hydrogen-bond donors (Lipinski definition) is 2. The van der Waals surface area contributed by atoms with Crippen LogP contribution in [0.2, 0.25) is 0 Å². The molecule has 1 unspecified atom stereocenters. The fourth-order valence-corrected chi connectivity index (χ4v) is 2.84. The van der Waals surface area contributed by atoms with Gasteiger partial charge in [0.2, 0.25) is 15.9 Å². The average molecular weight is 298 g/mol. The molecule has 1 aromatic rings. The van der Waals surface area contributed by atoms with E-state index in [9.17, 15) is 18.0 Å². The lowest BCUT2D eigenvalue weighted by Gasteiger charge is -2.16. The van der Waals surface area contributed by atoms with Crippen molar-refractivity contribution in [1.29, 1.82) is 0 Å². The largest absolute Gasteiger partial charge is 0.478 e. The standard InChI is InChI=1S/C12H14N2O5S/c13-20(18,19)10-5-11(15)14(7-10)6-8-1-3-9(4-2-8)12(16)17/h1-4,10H,5-7H2,(H,16,17)(H2,13,18,19). The van der Waals surface area contributed by atoms with Gasteiger partial charge in [-0.3, -0.25) is 4.79 Å². The van der Waals surface area contributed by atoms with Crippen LogP contribution in [-0.4, -0.2) is 42.1 Å². The van der Waals surface area contributed by atoms with Crippen LogP contribution in [0.15, 0.2) is 24.3 Å². The first-order valence-corrected chi connectivity index (χ1v) is 7.50. The van der Waals surface area contributed by atoms with Crippen molar-refractivity contribution in [2.75, 3.05) is 6.54 Å². The van der Waals surface area contributed by atoms with Gasteiger partial charge >= 0.3 is 5.97 Å². The van der Waals surface area contributed by atoms with E-state index in [1.165, 1.54) is 17.0 Å². The molecule has 1 fully saturated rings. The molecule has 0 spiro atoms. The third-order valence-corrected chi connectivity index (χ3v) is 4.46. The normalized spacial score (nSPS) is 19.4. The molecule has 0 aromatic heterocycles. The number of carboxylic acids is 1. The fraction of sp³-hybridized carbons (Fsp3) is 0.333. The topological polar surface area (TPSA) is 118 Å². The molecule has 1 aromatic carbocycles. The summed E-state index contributed by atoms with van der Waals surface area (Å²) in [6, 6.07) is 6.08. The van der Waals surface area contributed by atoms with Crippen LogP contribution in [0.25, 0.3) is 0 Å². The number of amides is 1. The number of carboxylic acid groups (broad SMARTS) is 1. The molecule has 2 rings (SSSR count). The Morgan fingerprint density at radius 1 is 1.35 bits per heavy atom. The number of sulfonamides is 1. The summed E-state index contributed by atoms with van der Waals surface area (Å²) in [5.74, 6) is -1.30. The van der Waals surface area contributed by atoms with Crippen molar-refractivity contribution in [3.63, 3.8) is 0 Å². The molecule has 1 amide bonds. The second kappa shape index (κ2) is 5.22. The zero-order chi connectivity index (χ0) is 14.9. The number of nitrogens with zero attached hydrogens (tertiary/aromatic N) is 1. The van der Waals surface area contributed by atoms with E-state index >= 15 is 0 Å². The molecule has 8 heteroatoms. The Kier molecular flexibility index (Phi) is 3.78. The molecule has 1 heterocycles. The molecule has 0 bridgehead atoms. The van der Waals surface area contributed by atoms with Crippen molar-refractivity contribution in [3.05, 3.63) is 35.4 Å². The molecule has 3 N–H and O–H groups in total. The highest BCUT2D eigenvalue weighted by Crippen LogP contribution is 2.19. The smallest absolute Gasteiger partial charge is 0.335 e. The molecule has 108 valence electrons. The summed E-state index contributed by atoms with van der Waals surface area (Å²) in [7, 11) is -3.72. The highest BCUT2D eigenvalue weighted by Gasteiger charge is 2.36. The van der Waals surface area contributed by atoms with Gasteiger partial charge in [-0.2, -0.15) is 0 Å². The highest BCUT2D eigenvalue weighted by molar-refractivity contribution is 7.89. The summed E-state index contributed by atoms with van der Waals surface area (Å²) in [4.78, 5) is 23.8. The Morgan fingerprint density at radius 2 is 1.95 bits per heavy atom. The molecule has 1 atom stereocenters. The van der Waals surface area contributed by atoms with E-state index in [1.807, 2.05) is 0 Å². The maximum atomic E-state index is 11.7. The van der Waals surface area contributed by atoms with Crippen LogP contribution in [0.1, 0.15) is 22.3 Å². The van der Waals surface area contributed by atoms with Gasteiger partial charge in [-0.1, -0.05) is 12.1 Å². The number of carbonyl (C=O) groups is 2.